The number of hydrogen-bond donors (Lipinski definition) is 0. The van der Waals surface area contributed by atoms with Crippen LogP contribution in [0.2, 0.25) is 0 Å². The molecular weight excluding hydrogens is 841 g/mol. The summed E-state index contributed by atoms with van der Waals surface area (Å²) in [7, 11) is 0. The van der Waals surface area contributed by atoms with Crippen molar-refractivity contribution in [3.05, 3.63) is 134 Å². The summed E-state index contributed by atoms with van der Waals surface area (Å²) in [5.74, 6) is -1.01. The van der Waals surface area contributed by atoms with E-state index in [2.05, 4.69) is 154 Å². The third-order valence-corrected chi connectivity index (χ3v) is 10.9. The van der Waals surface area contributed by atoms with Gasteiger partial charge in [-0.3, -0.25) is 14.4 Å². The van der Waals surface area contributed by atoms with Gasteiger partial charge in [-0.15, -0.1) is 0 Å². The highest BCUT2D eigenvalue weighted by molar-refractivity contribution is 5.71. The molecule has 0 aromatic rings. The minimum absolute atomic E-state index is 0.117. The van der Waals surface area contributed by atoms with Crippen molar-refractivity contribution < 1.29 is 28.6 Å². The van der Waals surface area contributed by atoms with E-state index in [9.17, 15) is 14.4 Å². The maximum absolute atomic E-state index is 12.8. The Kier molecular flexibility index (Phi) is 51.5. The molecule has 382 valence electrons. The zero-order valence-corrected chi connectivity index (χ0v) is 43.6. The molecule has 0 radical (unpaired) electrons. The van der Waals surface area contributed by atoms with Crippen LogP contribution >= 0.6 is 0 Å². The molecule has 0 aromatic heterocycles. The van der Waals surface area contributed by atoms with Crippen molar-refractivity contribution in [1.29, 1.82) is 0 Å². The molecule has 6 heteroatoms. The Bertz CT molecular complexity index is 1500. The van der Waals surface area contributed by atoms with Crippen LogP contribution < -0.4 is 0 Å². The minimum Gasteiger partial charge on any atom is -0.462 e. The van der Waals surface area contributed by atoms with Gasteiger partial charge in [0.15, 0.2) is 6.10 Å². The van der Waals surface area contributed by atoms with Crippen molar-refractivity contribution in [3.8, 4) is 0 Å². The number of esters is 3. The number of unbranched alkanes of at least 4 members (excludes halogenated alkanes) is 14. The van der Waals surface area contributed by atoms with Gasteiger partial charge in [0, 0.05) is 19.3 Å². The normalized spacial score (nSPS) is 13.2. The fourth-order valence-corrected chi connectivity index (χ4v) is 6.84. The quantitative estimate of drug-likeness (QED) is 0.0262. The highest BCUT2D eigenvalue weighted by Crippen LogP contribution is 2.12. The second kappa shape index (κ2) is 55.1. The Morgan fingerprint density at radius 1 is 0.309 bits per heavy atom. The van der Waals surface area contributed by atoms with Gasteiger partial charge in [0.1, 0.15) is 13.2 Å². The SMILES string of the molecule is CC/C=C\C/C=C\C/C=C\C/C=C\C/C=C\CCCC(=O)OC(COC(=O)CCCCCCC/C=C\C/C=C\CCCC)COC(=O)CCCCCCCC/C=C\C/C=C\C/C=C\C/C=C\CC. The van der Waals surface area contributed by atoms with Crippen molar-refractivity contribution in [2.24, 2.45) is 0 Å². The van der Waals surface area contributed by atoms with Crippen LogP contribution in [0.15, 0.2) is 134 Å². The van der Waals surface area contributed by atoms with Crippen LogP contribution in [0.25, 0.3) is 0 Å². The van der Waals surface area contributed by atoms with Crippen molar-refractivity contribution in [2.45, 2.75) is 226 Å². The summed E-state index contributed by atoms with van der Waals surface area (Å²) in [4.78, 5) is 38.1. The second-order valence-corrected chi connectivity index (χ2v) is 17.4. The predicted molar refractivity (Wildman–Crippen MR) is 292 cm³/mol. The second-order valence-electron chi connectivity index (χ2n) is 17.4. The van der Waals surface area contributed by atoms with E-state index in [1.807, 2.05) is 0 Å². The first-order valence-corrected chi connectivity index (χ1v) is 27.2. The van der Waals surface area contributed by atoms with E-state index >= 15 is 0 Å². The molecule has 0 aliphatic carbocycles. The van der Waals surface area contributed by atoms with E-state index in [-0.39, 0.29) is 37.5 Å². The average molecular weight is 939 g/mol. The van der Waals surface area contributed by atoms with Crippen LogP contribution in [0.5, 0.6) is 0 Å². The van der Waals surface area contributed by atoms with Crippen LogP contribution in [0.4, 0.5) is 0 Å². The molecule has 0 aromatic carbocycles. The molecule has 0 saturated heterocycles. The van der Waals surface area contributed by atoms with E-state index in [0.29, 0.717) is 19.3 Å². The average Bonchev–Trinajstić information content (AvgIpc) is 3.34. The van der Waals surface area contributed by atoms with E-state index in [4.69, 9.17) is 14.2 Å². The van der Waals surface area contributed by atoms with Crippen molar-refractivity contribution in [1.82, 2.24) is 0 Å². The monoisotopic (exact) mass is 939 g/mol. The number of rotatable bonds is 47. The molecule has 0 aliphatic rings. The van der Waals surface area contributed by atoms with Crippen LogP contribution in [-0.4, -0.2) is 37.2 Å². The Labute approximate surface area is 417 Å². The van der Waals surface area contributed by atoms with Crippen LogP contribution in [0.1, 0.15) is 220 Å². The number of hydrogen-bond acceptors (Lipinski definition) is 6. The molecule has 0 heterocycles. The molecule has 0 rings (SSSR count). The van der Waals surface area contributed by atoms with E-state index < -0.39 is 6.10 Å². The van der Waals surface area contributed by atoms with Crippen molar-refractivity contribution >= 4 is 17.9 Å². The Morgan fingerprint density at radius 2 is 0.588 bits per heavy atom. The molecular formula is C62H98O6. The molecule has 68 heavy (non-hydrogen) atoms. The topological polar surface area (TPSA) is 78.9 Å². The van der Waals surface area contributed by atoms with Crippen LogP contribution in [-0.2, 0) is 28.6 Å². The summed E-state index contributed by atoms with van der Waals surface area (Å²) in [5, 5.41) is 0. The van der Waals surface area contributed by atoms with Gasteiger partial charge in [-0.25, -0.2) is 0 Å². The fraction of sp³-hybridized carbons (Fsp3) is 0.597. The molecule has 0 fully saturated rings. The Morgan fingerprint density at radius 3 is 0.941 bits per heavy atom. The van der Waals surface area contributed by atoms with E-state index in [1.54, 1.807) is 0 Å². The molecule has 1 atom stereocenters. The summed E-state index contributed by atoms with van der Waals surface area (Å²) in [6, 6.07) is 0. The largest absolute Gasteiger partial charge is 0.462 e. The summed E-state index contributed by atoms with van der Waals surface area (Å²) < 4.78 is 16.8. The molecule has 0 bridgehead atoms. The zero-order chi connectivity index (χ0) is 49.3. The molecule has 0 spiro atoms. The lowest BCUT2D eigenvalue weighted by Crippen LogP contribution is -2.30. The molecule has 0 N–H and O–H groups in total. The van der Waals surface area contributed by atoms with Gasteiger partial charge < -0.3 is 14.2 Å². The van der Waals surface area contributed by atoms with Crippen molar-refractivity contribution in [3.63, 3.8) is 0 Å². The number of carbonyl (C=O) groups excluding carboxylic acids is 3. The zero-order valence-electron chi connectivity index (χ0n) is 43.6. The van der Waals surface area contributed by atoms with Gasteiger partial charge >= 0.3 is 17.9 Å². The number of carbonyl (C=O) groups is 3. The lowest BCUT2D eigenvalue weighted by molar-refractivity contribution is -0.167. The molecule has 1 unspecified atom stereocenters. The fourth-order valence-electron chi connectivity index (χ4n) is 6.84. The lowest BCUT2D eigenvalue weighted by Gasteiger charge is -2.18. The maximum Gasteiger partial charge on any atom is 0.306 e. The summed E-state index contributed by atoms with van der Waals surface area (Å²) in [6.07, 6.45) is 77.2. The van der Waals surface area contributed by atoms with Gasteiger partial charge in [0.2, 0.25) is 0 Å². The third-order valence-electron chi connectivity index (χ3n) is 10.9. The highest BCUT2D eigenvalue weighted by atomic mass is 16.6. The molecule has 0 aliphatic heterocycles. The first-order chi connectivity index (χ1) is 33.5. The maximum atomic E-state index is 12.8. The van der Waals surface area contributed by atoms with E-state index in [0.717, 1.165) is 141 Å². The Balaban J connectivity index is 4.54. The minimum atomic E-state index is -0.825. The summed E-state index contributed by atoms with van der Waals surface area (Å²) in [5.41, 5.74) is 0. The van der Waals surface area contributed by atoms with Gasteiger partial charge in [0.25, 0.3) is 0 Å². The van der Waals surface area contributed by atoms with Crippen LogP contribution in [0.3, 0.4) is 0 Å². The first kappa shape index (κ1) is 63.5. The lowest BCUT2D eigenvalue weighted by atomic mass is 10.1. The van der Waals surface area contributed by atoms with Gasteiger partial charge in [0.05, 0.1) is 0 Å². The molecule has 6 nitrogen and oxygen atoms in total. The van der Waals surface area contributed by atoms with Crippen LogP contribution in [0, 0.1) is 0 Å². The smallest absolute Gasteiger partial charge is 0.306 e. The number of ether oxygens (including phenoxy) is 3. The first-order valence-electron chi connectivity index (χ1n) is 27.2. The summed E-state index contributed by atoms with van der Waals surface area (Å²) in [6.45, 7) is 6.28. The summed E-state index contributed by atoms with van der Waals surface area (Å²) >= 11 is 0. The third kappa shape index (κ3) is 52.5. The van der Waals surface area contributed by atoms with E-state index in [1.165, 1.54) is 32.1 Å². The highest BCUT2D eigenvalue weighted by Gasteiger charge is 2.19. The van der Waals surface area contributed by atoms with Gasteiger partial charge in [-0.05, 0) is 122 Å². The predicted octanol–water partition coefficient (Wildman–Crippen LogP) is 18.3. The molecule has 0 amide bonds. The van der Waals surface area contributed by atoms with Crippen molar-refractivity contribution in [2.75, 3.05) is 13.2 Å². The van der Waals surface area contributed by atoms with Gasteiger partial charge in [-0.2, -0.15) is 0 Å². The molecule has 0 saturated carbocycles. The standard InChI is InChI=1S/C62H98O6/c1-4-7-10-13-16-19-22-25-28-30-31-33-34-37-40-43-46-49-52-55-61(64)67-58-59(57-66-60(63)54-51-48-45-42-39-36-27-24-21-18-15-12-9-6-3)68-62(65)56-53-50-47-44-41-38-35-32-29-26-23-20-17-14-11-8-5-2/h7-8,10-11,15-20,24-29,31,33,35,38,44,47,59H,4-6,9,12-14,21-23,30,32,34,36-37,39-43,45-46,48-58H2,1-3H3/b10-7-,11-8-,18-15-,19-16-,20-17-,27-24-,28-25-,29-26-,33-31-,38-35-,47-44-. The Hall–Kier alpha value is -4.45. The number of allylic oxidation sites excluding steroid dienone is 22. The van der Waals surface area contributed by atoms with Gasteiger partial charge in [-0.1, -0.05) is 212 Å².